The smallest absolute Gasteiger partial charge is 0.0713 e. The first-order chi connectivity index (χ1) is 18.8. The molecule has 1 aliphatic carbocycles. The van der Waals surface area contributed by atoms with Crippen LogP contribution in [-0.2, 0) is 5.41 Å². The SMILES string of the molecule is Clc1ccc(C2(c3ccccc3)c3ccccc3-c3ccc(-c4ccccc4-c4ccccc4)cc32)cc1. The van der Waals surface area contributed by atoms with Crippen LogP contribution >= 0.6 is 11.6 Å². The summed E-state index contributed by atoms with van der Waals surface area (Å²) in [5, 5.41) is 0.744. The Morgan fingerprint density at radius 2 is 0.895 bits per heavy atom. The number of benzene rings is 6. The van der Waals surface area contributed by atoms with Crippen molar-refractivity contribution < 1.29 is 0 Å². The lowest BCUT2D eigenvalue weighted by Crippen LogP contribution is -2.28. The van der Waals surface area contributed by atoms with Crippen LogP contribution in [-0.4, -0.2) is 0 Å². The maximum Gasteiger partial charge on any atom is 0.0713 e. The fourth-order valence-corrected chi connectivity index (χ4v) is 6.35. The van der Waals surface area contributed by atoms with Gasteiger partial charge in [-0.2, -0.15) is 0 Å². The van der Waals surface area contributed by atoms with Crippen molar-refractivity contribution in [2.75, 3.05) is 0 Å². The Kier molecular flexibility index (Phi) is 5.50. The Morgan fingerprint density at radius 1 is 0.368 bits per heavy atom. The van der Waals surface area contributed by atoms with Crippen molar-refractivity contribution in [3.8, 4) is 33.4 Å². The second-order valence-corrected chi connectivity index (χ2v) is 10.3. The summed E-state index contributed by atoms with van der Waals surface area (Å²) in [6.45, 7) is 0. The van der Waals surface area contributed by atoms with Crippen molar-refractivity contribution in [1.29, 1.82) is 0 Å². The Labute approximate surface area is 228 Å². The molecule has 0 saturated heterocycles. The molecule has 0 spiro atoms. The molecule has 0 aromatic heterocycles. The van der Waals surface area contributed by atoms with Crippen molar-refractivity contribution in [1.82, 2.24) is 0 Å². The van der Waals surface area contributed by atoms with E-state index in [1.807, 2.05) is 12.1 Å². The first-order valence-corrected chi connectivity index (χ1v) is 13.4. The van der Waals surface area contributed by atoms with Gasteiger partial charge in [-0.15, -0.1) is 0 Å². The highest BCUT2D eigenvalue weighted by Crippen LogP contribution is 2.56. The van der Waals surface area contributed by atoms with E-state index in [9.17, 15) is 0 Å². The molecule has 0 saturated carbocycles. The average molecular weight is 505 g/mol. The zero-order valence-corrected chi connectivity index (χ0v) is 21.6. The Morgan fingerprint density at radius 3 is 1.61 bits per heavy atom. The quantitative estimate of drug-likeness (QED) is 0.223. The van der Waals surface area contributed by atoms with E-state index < -0.39 is 5.41 Å². The van der Waals surface area contributed by atoms with Crippen molar-refractivity contribution >= 4 is 11.6 Å². The standard InChI is InChI=1S/C37H25Cl/c38-30-22-20-29(21-23-30)37(28-13-5-2-6-14-28)35-18-10-9-17-33(35)34-24-19-27(25-36(34)37)32-16-8-7-15-31(32)26-11-3-1-4-12-26/h1-25H. The molecule has 1 atom stereocenters. The van der Waals surface area contributed by atoms with Crippen LogP contribution in [0.15, 0.2) is 152 Å². The molecule has 7 rings (SSSR count). The van der Waals surface area contributed by atoms with Crippen molar-refractivity contribution in [2.24, 2.45) is 0 Å². The van der Waals surface area contributed by atoms with Crippen LogP contribution in [0.1, 0.15) is 22.3 Å². The largest absolute Gasteiger partial charge is 0.0843 e. The lowest BCUT2D eigenvalue weighted by molar-refractivity contribution is 0.769. The van der Waals surface area contributed by atoms with Gasteiger partial charge >= 0.3 is 0 Å². The maximum absolute atomic E-state index is 6.39. The molecule has 0 nitrogen and oxygen atoms in total. The van der Waals surface area contributed by atoms with Crippen LogP contribution in [0.5, 0.6) is 0 Å². The average Bonchev–Trinajstić information content (AvgIpc) is 3.29. The zero-order chi connectivity index (χ0) is 25.5. The first kappa shape index (κ1) is 22.8. The Hall–Kier alpha value is -4.39. The second-order valence-electron chi connectivity index (χ2n) is 9.84. The summed E-state index contributed by atoms with van der Waals surface area (Å²) < 4.78 is 0. The summed E-state index contributed by atoms with van der Waals surface area (Å²) in [6, 6.07) is 54.5. The van der Waals surface area contributed by atoms with E-state index in [-0.39, 0.29) is 0 Å². The second kappa shape index (κ2) is 9.17. The van der Waals surface area contributed by atoms with Gasteiger partial charge in [-0.25, -0.2) is 0 Å². The van der Waals surface area contributed by atoms with Gasteiger partial charge < -0.3 is 0 Å². The summed E-state index contributed by atoms with van der Waals surface area (Å²) >= 11 is 6.39. The molecule has 1 aliphatic rings. The molecule has 1 heteroatoms. The summed E-state index contributed by atoms with van der Waals surface area (Å²) in [4.78, 5) is 0. The van der Waals surface area contributed by atoms with E-state index in [0.717, 1.165) is 5.02 Å². The third-order valence-corrected chi connectivity index (χ3v) is 8.10. The number of hydrogen-bond acceptors (Lipinski definition) is 0. The molecule has 1 unspecified atom stereocenters. The molecule has 0 aliphatic heterocycles. The molecule has 0 heterocycles. The molecular formula is C37H25Cl. The Balaban J connectivity index is 1.55. The fraction of sp³-hybridized carbons (Fsp3) is 0.0270. The minimum absolute atomic E-state index is 0.449. The third-order valence-electron chi connectivity index (χ3n) is 7.85. The molecule has 38 heavy (non-hydrogen) atoms. The molecule has 180 valence electrons. The molecule has 0 fully saturated rings. The Bertz CT molecular complexity index is 1750. The van der Waals surface area contributed by atoms with E-state index >= 15 is 0 Å². The van der Waals surface area contributed by atoms with Gasteiger partial charge in [0, 0.05) is 5.02 Å². The number of rotatable bonds is 4. The monoisotopic (exact) mass is 504 g/mol. The summed E-state index contributed by atoms with van der Waals surface area (Å²) in [7, 11) is 0. The van der Waals surface area contributed by atoms with Crippen molar-refractivity contribution in [3.05, 3.63) is 179 Å². The summed E-state index contributed by atoms with van der Waals surface area (Å²) in [5.74, 6) is 0. The van der Waals surface area contributed by atoms with Gasteiger partial charge in [0.2, 0.25) is 0 Å². The highest BCUT2D eigenvalue weighted by molar-refractivity contribution is 6.30. The summed E-state index contributed by atoms with van der Waals surface area (Å²) in [6.07, 6.45) is 0. The molecule has 0 amide bonds. The van der Waals surface area contributed by atoms with Gasteiger partial charge in [0.15, 0.2) is 0 Å². The van der Waals surface area contributed by atoms with E-state index in [0.29, 0.717) is 0 Å². The number of halogens is 1. The first-order valence-electron chi connectivity index (χ1n) is 13.0. The van der Waals surface area contributed by atoms with E-state index in [2.05, 4.69) is 140 Å². The lowest BCUT2D eigenvalue weighted by atomic mass is 9.67. The fourth-order valence-electron chi connectivity index (χ4n) is 6.23. The van der Waals surface area contributed by atoms with Gasteiger partial charge in [0.1, 0.15) is 0 Å². The minimum Gasteiger partial charge on any atom is -0.0843 e. The third kappa shape index (κ3) is 3.45. The van der Waals surface area contributed by atoms with Gasteiger partial charge in [0.25, 0.3) is 0 Å². The predicted molar refractivity (Wildman–Crippen MR) is 160 cm³/mol. The summed E-state index contributed by atoms with van der Waals surface area (Å²) in [5.41, 5.74) is 12.1. The molecular weight excluding hydrogens is 480 g/mol. The van der Waals surface area contributed by atoms with Crippen LogP contribution in [0.3, 0.4) is 0 Å². The van der Waals surface area contributed by atoms with Crippen LogP contribution in [0, 0.1) is 0 Å². The molecule has 0 N–H and O–H groups in total. The topological polar surface area (TPSA) is 0 Å². The molecule has 0 bridgehead atoms. The lowest BCUT2D eigenvalue weighted by Gasteiger charge is -2.34. The normalized spacial score (nSPS) is 15.6. The highest BCUT2D eigenvalue weighted by Gasteiger charge is 2.46. The van der Waals surface area contributed by atoms with Gasteiger partial charge in [-0.3, -0.25) is 0 Å². The van der Waals surface area contributed by atoms with Gasteiger partial charge in [-0.05, 0) is 73.8 Å². The van der Waals surface area contributed by atoms with Crippen LogP contribution in [0.4, 0.5) is 0 Å². The van der Waals surface area contributed by atoms with Crippen molar-refractivity contribution in [2.45, 2.75) is 5.41 Å². The maximum atomic E-state index is 6.39. The van der Waals surface area contributed by atoms with Crippen LogP contribution < -0.4 is 0 Å². The van der Waals surface area contributed by atoms with E-state index in [1.54, 1.807) is 0 Å². The van der Waals surface area contributed by atoms with E-state index in [1.165, 1.54) is 55.6 Å². The van der Waals surface area contributed by atoms with Crippen LogP contribution in [0.25, 0.3) is 33.4 Å². The molecule has 6 aromatic rings. The van der Waals surface area contributed by atoms with Gasteiger partial charge in [0.05, 0.1) is 5.41 Å². The number of hydrogen-bond donors (Lipinski definition) is 0. The highest BCUT2D eigenvalue weighted by atomic mass is 35.5. The predicted octanol–water partition coefficient (Wildman–Crippen LogP) is 10.0. The van der Waals surface area contributed by atoms with E-state index in [4.69, 9.17) is 11.6 Å². The van der Waals surface area contributed by atoms with Gasteiger partial charge in [-0.1, -0.05) is 145 Å². The van der Waals surface area contributed by atoms with Crippen LogP contribution in [0.2, 0.25) is 5.02 Å². The molecule has 6 aromatic carbocycles. The zero-order valence-electron chi connectivity index (χ0n) is 20.8. The molecule has 0 radical (unpaired) electrons. The minimum atomic E-state index is -0.449. The van der Waals surface area contributed by atoms with Crippen molar-refractivity contribution in [3.63, 3.8) is 0 Å². The number of fused-ring (bicyclic) bond motifs is 3.